The third kappa shape index (κ3) is 3.79. The van der Waals surface area contributed by atoms with Crippen molar-refractivity contribution in [2.75, 3.05) is 0 Å². The molecule has 1 saturated carbocycles. The number of hydrogen-bond acceptors (Lipinski definition) is 2. The summed E-state index contributed by atoms with van der Waals surface area (Å²) in [6.07, 6.45) is 2.47. The minimum absolute atomic E-state index is 0.169. The van der Waals surface area contributed by atoms with Crippen LogP contribution in [0.3, 0.4) is 0 Å². The Morgan fingerprint density at radius 3 is 2.48 bits per heavy atom. The molecule has 1 aliphatic carbocycles. The molecule has 0 radical (unpaired) electrons. The molecule has 3 rings (SSSR count). The maximum absolute atomic E-state index is 13.2. The summed E-state index contributed by atoms with van der Waals surface area (Å²) in [6.45, 7) is 2.68. The van der Waals surface area contributed by atoms with Crippen LogP contribution in [0.1, 0.15) is 24.0 Å². The lowest BCUT2D eigenvalue weighted by Gasteiger charge is -2.11. The molecule has 0 amide bonds. The fourth-order valence-corrected chi connectivity index (χ4v) is 2.13. The Labute approximate surface area is 122 Å². The van der Waals surface area contributed by atoms with E-state index in [0.717, 1.165) is 23.7 Å². The molecule has 1 aliphatic rings. The van der Waals surface area contributed by atoms with E-state index in [1.807, 2.05) is 25.1 Å². The van der Waals surface area contributed by atoms with Gasteiger partial charge < -0.3 is 10.1 Å². The fourth-order valence-electron chi connectivity index (χ4n) is 2.13. The van der Waals surface area contributed by atoms with Gasteiger partial charge in [-0.1, -0.05) is 12.1 Å². The number of rotatable bonds is 5. The van der Waals surface area contributed by atoms with E-state index < -0.39 is 11.6 Å². The zero-order valence-corrected chi connectivity index (χ0v) is 11.8. The van der Waals surface area contributed by atoms with Crippen molar-refractivity contribution in [3.63, 3.8) is 0 Å². The molecule has 0 aromatic heterocycles. The molecule has 0 bridgehead atoms. The number of aryl methyl sites for hydroxylation is 1. The Bertz CT molecular complexity index is 633. The summed E-state index contributed by atoms with van der Waals surface area (Å²) in [5.74, 6) is -0.499. The van der Waals surface area contributed by atoms with E-state index in [2.05, 4.69) is 5.32 Å². The van der Waals surface area contributed by atoms with Gasteiger partial charge in [0, 0.05) is 30.8 Å². The van der Waals surface area contributed by atoms with Gasteiger partial charge in [-0.15, -0.1) is 0 Å². The van der Waals surface area contributed by atoms with Gasteiger partial charge in [-0.25, -0.2) is 8.78 Å². The quantitative estimate of drug-likeness (QED) is 0.885. The minimum Gasteiger partial charge on any atom is -0.457 e. The van der Waals surface area contributed by atoms with Crippen molar-refractivity contribution in [2.45, 2.75) is 32.4 Å². The van der Waals surface area contributed by atoms with E-state index in [4.69, 9.17) is 4.74 Å². The molecule has 0 spiro atoms. The average Bonchev–Trinajstić information content (AvgIpc) is 3.22. The summed E-state index contributed by atoms with van der Waals surface area (Å²) in [4.78, 5) is 0. The van der Waals surface area contributed by atoms with Gasteiger partial charge in [-0.05, 0) is 37.0 Å². The van der Waals surface area contributed by atoms with Crippen molar-refractivity contribution in [1.29, 1.82) is 0 Å². The first-order valence-electron chi connectivity index (χ1n) is 7.07. The van der Waals surface area contributed by atoms with Gasteiger partial charge >= 0.3 is 0 Å². The summed E-state index contributed by atoms with van der Waals surface area (Å²) >= 11 is 0. The number of benzene rings is 2. The van der Waals surface area contributed by atoms with Gasteiger partial charge in [0.2, 0.25) is 0 Å². The average molecular weight is 289 g/mol. The summed E-state index contributed by atoms with van der Waals surface area (Å²) in [6, 6.07) is 9.71. The molecule has 110 valence electrons. The first kappa shape index (κ1) is 14.0. The largest absolute Gasteiger partial charge is 0.457 e. The Kier molecular flexibility index (Phi) is 3.88. The van der Waals surface area contributed by atoms with Gasteiger partial charge in [0.15, 0.2) is 0 Å². The van der Waals surface area contributed by atoms with E-state index in [9.17, 15) is 8.78 Å². The van der Waals surface area contributed by atoms with Crippen molar-refractivity contribution in [3.8, 4) is 11.5 Å². The van der Waals surface area contributed by atoms with E-state index >= 15 is 0 Å². The standard InChI is InChI=1S/C17H17F2NO/c1-11-2-3-12(10-20-15-4-5-15)6-17(11)21-16-8-13(18)7-14(19)9-16/h2-3,6-9,15,20H,4-5,10H2,1H3. The highest BCUT2D eigenvalue weighted by Gasteiger charge is 2.20. The summed E-state index contributed by atoms with van der Waals surface area (Å²) in [5.41, 5.74) is 2.02. The molecule has 0 atom stereocenters. The first-order chi connectivity index (χ1) is 10.1. The van der Waals surface area contributed by atoms with E-state index in [1.54, 1.807) is 0 Å². The SMILES string of the molecule is Cc1ccc(CNC2CC2)cc1Oc1cc(F)cc(F)c1. The maximum atomic E-state index is 13.2. The second-order valence-corrected chi connectivity index (χ2v) is 5.46. The molecule has 2 aromatic carbocycles. The van der Waals surface area contributed by atoms with Gasteiger partial charge in [-0.2, -0.15) is 0 Å². The van der Waals surface area contributed by atoms with Crippen LogP contribution < -0.4 is 10.1 Å². The molecule has 0 heterocycles. The van der Waals surface area contributed by atoms with Crippen LogP contribution in [0.5, 0.6) is 11.5 Å². The monoisotopic (exact) mass is 289 g/mol. The minimum atomic E-state index is -0.644. The molecular formula is C17H17F2NO. The number of nitrogens with one attached hydrogen (secondary N) is 1. The number of ether oxygens (including phenoxy) is 1. The summed E-state index contributed by atoms with van der Waals surface area (Å²) < 4.78 is 32.0. The summed E-state index contributed by atoms with van der Waals surface area (Å²) in [5, 5.41) is 3.43. The molecule has 2 nitrogen and oxygen atoms in total. The Morgan fingerprint density at radius 2 is 1.81 bits per heavy atom. The van der Waals surface area contributed by atoms with Crippen LogP contribution in [0, 0.1) is 18.6 Å². The Hall–Kier alpha value is -1.94. The van der Waals surface area contributed by atoms with Crippen molar-refractivity contribution in [1.82, 2.24) is 5.32 Å². The van der Waals surface area contributed by atoms with E-state index in [1.165, 1.54) is 25.0 Å². The van der Waals surface area contributed by atoms with E-state index in [0.29, 0.717) is 11.8 Å². The Balaban J connectivity index is 1.77. The Morgan fingerprint density at radius 1 is 1.10 bits per heavy atom. The van der Waals surface area contributed by atoms with Crippen molar-refractivity contribution < 1.29 is 13.5 Å². The van der Waals surface area contributed by atoms with Crippen molar-refractivity contribution in [2.24, 2.45) is 0 Å². The van der Waals surface area contributed by atoms with Gasteiger partial charge in [-0.3, -0.25) is 0 Å². The van der Waals surface area contributed by atoms with Crippen LogP contribution in [0.2, 0.25) is 0 Å². The van der Waals surface area contributed by atoms with Crippen LogP contribution in [0.4, 0.5) is 8.78 Å². The van der Waals surface area contributed by atoms with Crippen molar-refractivity contribution >= 4 is 0 Å². The van der Waals surface area contributed by atoms with Crippen LogP contribution in [0.25, 0.3) is 0 Å². The molecule has 4 heteroatoms. The highest BCUT2D eigenvalue weighted by atomic mass is 19.1. The third-order valence-electron chi connectivity index (χ3n) is 3.49. The molecule has 21 heavy (non-hydrogen) atoms. The van der Waals surface area contributed by atoms with E-state index in [-0.39, 0.29) is 5.75 Å². The molecule has 0 unspecified atom stereocenters. The predicted molar refractivity (Wildman–Crippen MR) is 77.5 cm³/mol. The number of halogens is 2. The highest BCUT2D eigenvalue weighted by molar-refractivity contribution is 5.40. The second-order valence-electron chi connectivity index (χ2n) is 5.46. The first-order valence-corrected chi connectivity index (χ1v) is 7.07. The van der Waals surface area contributed by atoms with Gasteiger partial charge in [0.05, 0.1) is 0 Å². The molecule has 1 N–H and O–H groups in total. The topological polar surface area (TPSA) is 21.3 Å². The second kappa shape index (κ2) is 5.82. The normalized spacial score (nSPS) is 14.2. The van der Waals surface area contributed by atoms with Crippen LogP contribution in [0.15, 0.2) is 36.4 Å². The fraction of sp³-hybridized carbons (Fsp3) is 0.294. The van der Waals surface area contributed by atoms with Crippen molar-refractivity contribution in [3.05, 3.63) is 59.2 Å². The smallest absolute Gasteiger partial charge is 0.133 e. The molecule has 0 aliphatic heterocycles. The number of hydrogen-bond donors (Lipinski definition) is 1. The lowest BCUT2D eigenvalue weighted by Crippen LogP contribution is -2.15. The lowest BCUT2D eigenvalue weighted by atomic mass is 10.1. The zero-order valence-electron chi connectivity index (χ0n) is 11.8. The van der Waals surface area contributed by atoms with Crippen LogP contribution in [-0.4, -0.2) is 6.04 Å². The van der Waals surface area contributed by atoms with Gasteiger partial charge in [0.25, 0.3) is 0 Å². The highest BCUT2D eigenvalue weighted by Crippen LogP contribution is 2.28. The molecule has 0 saturated heterocycles. The van der Waals surface area contributed by atoms with Crippen LogP contribution in [-0.2, 0) is 6.54 Å². The summed E-state index contributed by atoms with van der Waals surface area (Å²) in [7, 11) is 0. The van der Waals surface area contributed by atoms with Gasteiger partial charge in [0.1, 0.15) is 23.1 Å². The lowest BCUT2D eigenvalue weighted by molar-refractivity contribution is 0.464. The zero-order chi connectivity index (χ0) is 14.8. The molecule has 1 fully saturated rings. The molecular weight excluding hydrogens is 272 g/mol. The van der Waals surface area contributed by atoms with Crippen LogP contribution >= 0.6 is 0 Å². The maximum Gasteiger partial charge on any atom is 0.133 e. The third-order valence-corrected chi connectivity index (χ3v) is 3.49. The molecule has 2 aromatic rings. The predicted octanol–water partition coefficient (Wildman–Crippen LogP) is 4.32.